The Bertz CT molecular complexity index is 568. The van der Waals surface area contributed by atoms with E-state index >= 15 is 0 Å². The summed E-state index contributed by atoms with van der Waals surface area (Å²) in [7, 11) is 1.55. The van der Waals surface area contributed by atoms with E-state index in [-0.39, 0.29) is 5.91 Å². The first-order chi connectivity index (χ1) is 10.2. The topological polar surface area (TPSA) is 20.3 Å². The van der Waals surface area contributed by atoms with E-state index in [1.54, 1.807) is 7.05 Å². The molecule has 2 rings (SSSR count). The van der Waals surface area contributed by atoms with Crippen molar-refractivity contribution in [1.29, 1.82) is 0 Å². The maximum Gasteiger partial charge on any atom is 0.416 e. The van der Waals surface area contributed by atoms with Gasteiger partial charge in [-0.1, -0.05) is 38.7 Å². The minimum absolute atomic E-state index is 0.113. The Morgan fingerprint density at radius 2 is 1.86 bits per heavy atom. The lowest BCUT2D eigenvalue weighted by Gasteiger charge is -2.23. The van der Waals surface area contributed by atoms with Crippen molar-refractivity contribution in [1.82, 2.24) is 0 Å². The molecule has 0 aromatic heterocycles. The number of carbonyl (C=O) groups excluding carboxylic acids is 1. The molecule has 2 nitrogen and oxygen atoms in total. The molecule has 0 radical (unpaired) electrons. The van der Waals surface area contributed by atoms with Crippen LogP contribution in [-0.2, 0) is 16.4 Å². The summed E-state index contributed by atoms with van der Waals surface area (Å²) in [4.78, 5) is 13.9. The minimum Gasteiger partial charge on any atom is -0.314 e. The Morgan fingerprint density at radius 1 is 1.18 bits per heavy atom. The molecule has 22 heavy (non-hydrogen) atoms. The van der Waals surface area contributed by atoms with Crippen molar-refractivity contribution in [2.24, 2.45) is 0 Å². The highest BCUT2D eigenvalue weighted by molar-refractivity contribution is 6.07. The molecule has 1 aliphatic heterocycles. The maximum atomic E-state index is 12.9. The van der Waals surface area contributed by atoms with Gasteiger partial charge in [-0.25, -0.2) is 0 Å². The molecular weight excluding hydrogens is 291 g/mol. The molecule has 0 bridgehead atoms. The predicted molar refractivity (Wildman–Crippen MR) is 81.0 cm³/mol. The number of hydrogen-bond donors (Lipinski definition) is 0. The first-order valence-electron chi connectivity index (χ1n) is 7.71. The molecular formula is C17H22F3NO. The number of carbonyl (C=O) groups is 1. The predicted octanol–water partition coefficient (Wildman–Crippen LogP) is 4.91. The summed E-state index contributed by atoms with van der Waals surface area (Å²) in [6.07, 6.45) is 0.451. The Labute approximate surface area is 129 Å². The van der Waals surface area contributed by atoms with E-state index in [9.17, 15) is 18.0 Å². The molecule has 0 saturated heterocycles. The number of benzene rings is 1. The van der Waals surface area contributed by atoms with Gasteiger partial charge in [0.2, 0.25) is 5.91 Å². The second-order valence-corrected chi connectivity index (χ2v) is 6.24. The molecule has 122 valence electrons. The zero-order chi connectivity index (χ0) is 16.5. The van der Waals surface area contributed by atoms with Crippen LogP contribution in [0.3, 0.4) is 0 Å². The molecule has 1 aromatic rings. The number of hydrogen-bond acceptors (Lipinski definition) is 1. The van der Waals surface area contributed by atoms with Gasteiger partial charge in [0.1, 0.15) is 0 Å². The summed E-state index contributed by atoms with van der Waals surface area (Å²) in [5.41, 5.74) is -0.314. The van der Waals surface area contributed by atoms with Gasteiger partial charge in [-0.3, -0.25) is 4.79 Å². The number of rotatable bonds is 5. The third kappa shape index (κ3) is 2.85. The van der Waals surface area contributed by atoms with Gasteiger partial charge in [-0.05, 0) is 31.0 Å². The molecule has 0 aliphatic carbocycles. The fraction of sp³-hybridized carbons (Fsp3) is 0.588. The normalized spacial score (nSPS) is 21.4. The van der Waals surface area contributed by atoms with Crippen LogP contribution in [-0.4, -0.2) is 13.0 Å². The summed E-state index contributed by atoms with van der Waals surface area (Å²) >= 11 is 0. The van der Waals surface area contributed by atoms with Crippen LogP contribution in [0.25, 0.3) is 0 Å². The van der Waals surface area contributed by atoms with E-state index in [2.05, 4.69) is 6.92 Å². The monoisotopic (exact) mass is 313 g/mol. The minimum atomic E-state index is -4.39. The van der Waals surface area contributed by atoms with Crippen molar-refractivity contribution in [3.63, 3.8) is 0 Å². The third-order valence-electron chi connectivity index (χ3n) is 4.59. The van der Waals surface area contributed by atoms with Crippen molar-refractivity contribution in [2.45, 2.75) is 57.5 Å². The van der Waals surface area contributed by atoms with Crippen LogP contribution >= 0.6 is 0 Å². The van der Waals surface area contributed by atoms with Gasteiger partial charge in [0.15, 0.2) is 0 Å². The number of unbranched alkanes of at least 4 members (excludes halogenated alkanes) is 3. The number of fused-ring (bicyclic) bond motifs is 1. The lowest BCUT2D eigenvalue weighted by molar-refractivity contribution is -0.137. The van der Waals surface area contributed by atoms with Crippen LogP contribution in [0.2, 0.25) is 0 Å². The van der Waals surface area contributed by atoms with Crippen molar-refractivity contribution >= 4 is 11.6 Å². The van der Waals surface area contributed by atoms with E-state index < -0.39 is 17.2 Å². The molecule has 1 amide bonds. The molecule has 1 aliphatic rings. The van der Waals surface area contributed by atoms with Crippen LogP contribution in [0.5, 0.6) is 0 Å². The average molecular weight is 313 g/mol. The molecule has 0 unspecified atom stereocenters. The summed E-state index contributed by atoms with van der Waals surface area (Å²) in [5, 5.41) is 0. The second-order valence-electron chi connectivity index (χ2n) is 6.24. The Kier molecular flexibility index (Phi) is 4.54. The summed E-state index contributed by atoms with van der Waals surface area (Å²) in [5.74, 6) is -0.113. The van der Waals surface area contributed by atoms with Crippen molar-refractivity contribution < 1.29 is 18.0 Å². The van der Waals surface area contributed by atoms with Crippen LogP contribution < -0.4 is 4.90 Å². The zero-order valence-electron chi connectivity index (χ0n) is 13.3. The first-order valence-corrected chi connectivity index (χ1v) is 7.71. The van der Waals surface area contributed by atoms with Gasteiger partial charge in [-0.2, -0.15) is 13.2 Å². The number of amides is 1. The number of anilines is 1. The van der Waals surface area contributed by atoms with E-state index in [0.29, 0.717) is 17.7 Å². The highest BCUT2D eigenvalue weighted by atomic mass is 19.4. The van der Waals surface area contributed by atoms with E-state index in [1.165, 1.54) is 11.0 Å². The molecule has 0 spiro atoms. The smallest absolute Gasteiger partial charge is 0.314 e. The summed E-state index contributed by atoms with van der Waals surface area (Å²) < 4.78 is 38.6. The molecule has 1 aromatic carbocycles. The quantitative estimate of drug-likeness (QED) is 0.707. The Morgan fingerprint density at radius 3 is 2.45 bits per heavy atom. The van der Waals surface area contributed by atoms with Gasteiger partial charge in [0, 0.05) is 12.7 Å². The number of halogens is 3. The molecule has 1 atom stereocenters. The van der Waals surface area contributed by atoms with Crippen molar-refractivity contribution in [3.8, 4) is 0 Å². The van der Waals surface area contributed by atoms with Gasteiger partial charge in [0.05, 0.1) is 11.0 Å². The van der Waals surface area contributed by atoms with Gasteiger partial charge >= 0.3 is 6.18 Å². The van der Waals surface area contributed by atoms with E-state index in [4.69, 9.17) is 0 Å². The molecule has 0 fully saturated rings. The van der Waals surface area contributed by atoms with Crippen LogP contribution in [0.4, 0.5) is 18.9 Å². The molecule has 0 N–H and O–H groups in total. The third-order valence-corrected chi connectivity index (χ3v) is 4.59. The number of nitrogens with zero attached hydrogens (tertiary/aromatic N) is 1. The van der Waals surface area contributed by atoms with E-state index in [0.717, 1.165) is 37.8 Å². The van der Waals surface area contributed by atoms with E-state index in [1.807, 2.05) is 6.92 Å². The molecule has 0 saturated carbocycles. The van der Waals surface area contributed by atoms with Crippen LogP contribution in [0, 0.1) is 0 Å². The second kappa shape index (κ2) is 5.94. The zero-order valence-corrected chi connectivity index (χ0v) is 13.3. The lowest BCUT2D eigenvalue weighted by atomic mass is 9.79. The Hall–Kier alpha value is -1.52. The lowest BCUT2D eigenvalue weighted by Crippen LogP contribution is -2.36. The molecule has 5 heteroatoms. The highest BCUT2D eigenvalue weighted by Crippen LogP contribution is 2.46. The molecule has 1 heterocycles. The highest BCUT2D eigenvalue weighted by Gasteiger charge is 2.46. The fourth-order valence-corrected chi connectivity index (χ4v) is 3.19. The van der Waals surface area contributed by atoms with Crippen LogP contribution in [0.15, 0.2) is 18.2 Å². The Balaban J connectivity index is 2.32. The summed E-state index contributed by atoms with van der Waals surface area (Å²) in [6, 6.07) is 3.64. The summed E-state index contributed by atoms with van der Waals surface area (Å²) in [6.45, 7) is 3.96. The standard InChI is InChI=1S/C17H22F3NO/c1-4-5-6-7-10-16(2)13-9-8-12(17(18,19)20)11-14(13)21(3)15(16)22/h8-9,11H,4-7,10H2,1-3H3/t16-/m0/s1. The number of likely N-dealkylation sites (N-methyl/N-ethyl adjacent to an activating group) is 1. The largest absolute Gasteiger partial charge is 0.416 e. The number of alkyl halides is 3. The SMILES string of the molecule is CCCCCC[C@]1(C)C(=O)N(C)c2cc(C(F)(F)F)ccc21. The fourth-order valence-electron chi connectivity index (χ4n) is 3.19. The van der Waals surface area contributed by atoms with Crippen molar-refractivity contribution in [2.75, 3.05) is 11.9 Å². The first kappa shape index (κ1) is 16.8. The maximum absolute atomic E-state index is 12.9. The average Bonchev–Trinajstić information content (AvgIpc) is 2.65. The van der Waals surface area contributed by atoms with Crippen molar-refractivity contribution in [3.05, 3.63) is 29.3 Å². The van der Waals surface area contributed by atoms with Crippen LogP contribution in [0.1, 0.15) is 57.1 Å². The van der Waals surface area contributed by atoms with Gasteiger partial charge < -0.3 is 4.90 Å². The van der Waals surface area contributed by atoms with Gasteiger partial charge in [-0.15, -0.1) is 0 Å². The van der Waals surface area contributed by atoms with Gasteiger partial charge in [0.25, 0.3) is 0 Å².